The molecule has 190 valence electrons. The van der Waals surface area contributed by atoms with E-state index in [0.29, 0.717) is 24.2 Å². The van der Waals surface area contributed by atoms with Crippen LogP contribution in [0.25, 0.3) is 0 Å². The van der Waals surface area contributed by atoms with Gasteiger partial charge in [-0.05, 0) is 56.5 Å². The van der Waals surface area contributed by atoms with E-state index in [2.05, 4.69) is 0 Å². The lowest BCUT2D eigenvalue weighted by atomic mass is 10.1. The van der Waals surface area contributed by atoms with Crippen LogP contribution in [0.4, 0.5) is 0 Å². The van der Waals surface area contributed by atoms with Gasteiger partial charge in [-0.25, -0.2) is 16.8 Å². The van der Waals surface area contributed by atoms with Crippen LogP contribution in [-0.2, 0) is 20.0 Å². The first-order valence-electron chi connectivity index (χ1n) is 12.1. The molecule has 0 unspecified atom stereocenters. The Morgan fingerprint density at radius 1 is 0.686 bits per heavy atom. The third kappa shape index (κ3) is 5.45. The minimum absolute atomic E-state index is 0.172. The fraction of sp³-hybridized carbons (Fsp3) is 0.480. The quantitative estimate of drug-likeness (QED) is 0.605. The SMILES string of the molecule is Cc1ccc(S(=O)(=O)N2CCN(C(=O)c3ccc(C)c(S(=O)(=O)N4CCCCCC4)c3)CC2)cc1. The number of nitrogens with zero attached hydrogens (tertiary/aromatic N) is 3. The average Bonchev–Trinajstić information content (AvgIpc) is 3.14. The Balaban J connectivity index is 1.48. The monoisotopic (exact) mass is 519 g/mol. The number of rotatable bonds is 5. The maximum Gasteiger partial charge on any atom is 0.253 e. The molecule has 4 rings (SSSR count). The van der Waals surface area contributed by atoms with E-state index < -0.39 is 20.0 Å². The van der Waals surface area contributed by atoms with Crippen molar-refractivity contribution in [3.63, 3.8) is 0 Å². The topological polar surface area (TPSA) is 95.1 Å². The van der Waals surface area contributed by atoms with Crippen LogP contribution in [0, 0.1) is 13.8 Å². The van der Waals surface area contributed by atoms with Gasteiger partial charge in [0, 0.05) is 44.8 Å². The number of hydrogen-bond donors (Lipinski definition) is 0. The zero-order chi connectivity index (χ0) is 25.2. The summed E-state index contributed by atoms with van der Waals surface area (Å²) in [6.07, 6.45) is 3.73. The van der Waals surface area contributed by atoms with Crippen molar-refractivity contribution in [2.75, 3.05) is 39.3 Å². The van der Waals surface area contributed by atoms with Gasteiger partial charge in [0.05, 0.1) is 9.79 Å². The Kier molecular flexibility index (Phi) is 7.65. The highest BCUT2D eigenvalue weighted by molar-refractivity contribution is 7.89. The van der Waals surface area contributed by atoms with E-state index in [1.54, 1.807) is 48.2 Å². The summed E-state index contributed by atoms with van der Waals surface area (Å²) in [7, 11) is -7.32. The van der Waals surface area contributed by atoms with Crippen LogP contribution in [0.15, 0.2) is 52.3 Å². The second kappa shape index (κ2) is 10.4. The molecule has 0 radical (unpaired) electrons. The summed E-state index contributed by atoms with van der Waals surface area (Å²) in [6.45, 7) is 5.50. The van der Waals surface area contributed by atoms with Crippen LogP contribution in [0.3, 0.4) is 0 Å². The maximum atomic E-state index is 13.3. The number of aryl methyl sites for hydroxylation is 2. The van der Waals surface area contributed by atoms with Gasteiger partial charge in [-0.3, -0.25) is 4.79 Å². The van der Waals surface area contributed by atoms with Crippen molar-refractivity contribution in [2.24, 2.45) is 0 Å². The van der Waals surface area contributed by atoms with Crippen LogP contribution in [0.1, 0.15) is 47.2 Å². The van der Waals surface area contributed by atoms with Gasteiger partial charge < -0.3 is 4.90 Å². The molecule has 0 N–H and O–H groups in total. The first-order chi connectivity index (χ1) is 16.6. The summed E-state index contributed by atoms with van der Waals surface area (Å²) in [5.74, 6) is -0.287. The van der Waals surface area contributed by atoms with Gasteiger partial charge in [0.1, 0.15) is 0 Å². The molecule has 2 aliphatic heterocycles. The molecule has 35 heavy (non-hydrogen) atoms. The molecule has 0 saturated carbocycles. The van der Waals surface area contributed by atoms with E-state index in [4.69, 9.17) is 0 Å². The van der Waals surface area contributed by atoms with Gasteiger partial charge in [0.25, 0.3) is 5.91 Å². The van der Waals surface area contributed by atoms with E-state index in [0.717, 1.165) is 31.2 Å². The van der Waals surface area contributed by atoms with Gasteiger partial charge in [-0.2, -0.15) is 8.61 Å². The summed E-state index contributed by atoms with van der Waals surface area (Å²) < 4.78 is 55.6. The van der Waals surface area contributed by atoms with Gasteiger partial charge in [-0.15, -0.1) is 0 Å². The number of benzene rings is 2. The lowest BCUT2D eigenvalue weighted by Crippen LogP contribution is -2.50. The van der Waals surface area contributed by atoms with Crippen molar-refractivity contribution < 1.29 is 21.6 Å². The van der Waals surface area contributed by atoms with Gasteiger partial charge in [0.15, 0.2) is 0 Å². The molecule has 2 aromatic rings. The fourth-order valence-corrected chi connectivity index (χ4v) is 7.80. The number of piperazine rings is 1. The average molecular weight is 520 g/mol. The lowest BCUT2D eigenvalue weighted by molar-refractivity contribution is 0.0697. The first kappa shape index (κ1) is 25.8. The molecule has 2 aromatic carbocycles. The largest absolute Gasteiger partial charge is 0.336 e. The van der Waals surface area contributed by atoms with Gasteiger partial charge in [0.2, 0.25) is 20.0 Å². The third-order valence-corrected chi connectivity index (χ3v) is 10.8. The molecular weight excluding hydrogens is 486 g/mol. The fourth-order valence-electron chi connectivity index (χ4n) is 4.61. The highest BCUT2D eigenvalue weighted by Gasteiger charge is 2.32. The van der Waals surface area contributed by atoms with Crippen molar-refractivity contribution in [3.8, 4) is 0 Å². The molecule has 0 aromatic heterocycles. The number of carbonyl (C=O) groups is 1. The highest BCUT2D eigenvalue weighted by atomic mass is 32.2. The zero-order valence-corrected chi connectivity index (χ0v) is 21.9. The summed E-state index contributed by atoms with van der Waals surface area (Å²) in [4.78, 5) is 15.2. The molecule has 2 fully saturated rings. The van der Waals surface area contributed by atoms with Crippen molar-refractivity contribution in [3.05, 3.63) is 59.2 Å². The van der Waals surface area contributed by atoms with E-state index in [-0.39, 0.29) is 41.9 Å². The number of sulfonamides is 2. The molecule has 0 atom stereocenters. The highest BCUT2D eigenvalue weighted by Crippen LogP contribution is 2.25. The molecule has 8 nitrogen and oxygen atoms in total. The number of amides is 1. The molecule has 0 spiro atoms. The van der Waals surface area contributed by atoms with E-state index >= 15 is 0 Å². The third-order valence-electron chi connectivity index (χ3n) is 6.80. The second-order valence-electron chi connectivity index (χ2n) is 9.31. The van der Waals surface area contributed by atoms with E-state index in [1.165, 1.54) is 14.7 Å². The minimum Gasteiger partial charge on any atom is -0.336 e. The van der Waals surface area contributed by atoms with Crippen LogP contribution in [-0.4, -0.2) is 75.5 Å². The van der Waals surface area contributed by atoms with Gasteiger partial charge >= 0.3 is 0 Å². The zero-order valence-electron chi connectivity index (χ0n) is 20.3. The van der Waals surface area contributed by atoms with Crippen molar-refractivity contribution >= 4 is 26.0 Å². The normalized spacial score (nSPS) is 18.9. The first-order valence-corrected chi connectivity index (χ1v) is 15.0. The van der Waals surface area contributed by atoms with Crippen LogP contribution < -0.4 is 0 Å². The number of carbonyl (C=O) groups excluding carboxylic acids is 1. The lowest BCUT2D eigenvalue weighted by Gasteiger charge is -2.34. The van der Waals surface area contributed by atoms with Crippen LogP contribution in [0.2, 0.25) is 0 Å². The molecular formula is C25H33N3O5S2. The Morgan fingerprint density at radius 3 is 1.86 bits per heavy atom. The predicted octanol–water partition coefficient (Wildman–Crippen LogP) is 3.01. The Hall–Kier alpha value is -2.27. The molecule has 2 aliphatic rings. The molecule has 2 saturated heterocycles. The number of hydrogen-bond acceptors (Lipinski definition) is 5. The van der Waals surface area contributed by atoms with E-state index in [1.807, 2.05) is 6.92 Å². The smallest absolute Gasteiger partial charge is 0.253 e. The predicted molar refractivity (Wildman–Crippen MR) is 134 cm³/mol. The molecule has 0 aliphatic carbocycles. The van der Waals surface area contributed by atoms with Crippen molar-refractivity contribution in [1.82, 2.24) is 13.5 Å². The summed E-state index contributed by atoms with van der Waals surface area (Å²) in [5.41, 5.74) is 1.90. The van der Waals surface area contributed by atoms with Crippen LogP contribution >= 0.6 is 0 Å². The molecule has 2 heterocycles. The van der Waals surface area contributed by atoms with E-state index in [9.17, 15) is 21.6 Å². The summed E-state index contributed by atoms with van der Waals surface area (Å²) in [6, 6.07) is 11.5. The summed E-state index contributed by atoms with van der Waals surface area (Å²) >= 11 is 0. The maximum absolute atomic E-state index is 13.3. The standard InChI is InChI=1S/C25H33N3O5S2/c1-20-7-11-23(12-8-20)34(30,31)28-17-15-26(16-18-28)25(29)22-10-9-21(2)24(19-22)35(32,33)27-13-5-3-4-6-14-27/h7-12,19H,3-6,13-18H2,1-2H3. The second-order valence-corrected chi connectivity index (χ2v) is 13.2. The Morgan fingerprint density at radius 2 is 1.26 bits per heavy atom. The van der Waals surface area contributed by atoms with Crippen molar-refractivity contribution in [1.29, 1.82) is 0 Å². The van der Waals surface area contributed by atoms with Crippen LogP contribution in [0.5, 0.6) is 0 Å². The molecule has 10 heteroatoms. The Bertz CT molecular complexity index is 1270. The van der Waals surface area contributed by atoms with Gasteiger partial charge in [-0.1, -0.05) is 36.6 Å². The summed E-state index contributed by atoms with van der Waals surface area (Å²) in [5, 5.41) is 0. The molecule has 1 amide bonds. The van der Waals surface area contributed by atoms with Crippen molar-refractivity contribution in [2.45, 2.75) is 49.3 Å². The Labute approximate surface area is 208 Å². The minimum atomic E-state index is -3.69. The molecule has 0 bridgehead atoms.